The summed E-state index contributed by atoms with van der Waals surface area (Å²) in [4.78, 5) is 19.3. The Bertz CT molecular complexity index is 1280. The van der Waals surface area contributed by atoms with Crippen molar-refractivity contribution >= 4 is 22.8 Å². The van der Waals surface area contributed by atoms with Crippen molar-refractivity contribution in [2.75, 3.05) is 39.2 Å². The van der Waals surface area contributed by atoms with E-state index in [1.807, 2.05) is 13.2 Å². The molecule has 7 heteroatoms. The quantitative estimate of drug-likeness (QED) is 0.524. The largest absolute Gasteiger partial charge is 0.453 e. The van der Waals surface area contributed by atoms with E-state index in [9.17, 15) is 4.79 Å². The highest BCUT2D eigenvalue weighted by Crippen LogP contribution is 2.43. The number of aromatic nitrogens is 2. The Balaban J connectivity index is 1.15. The lowest BCUT2D eigenvalue weighted by Gasteiger charge is -2.40. The predicted molar refractivity (Wildman–Crippen MR) is 141 cm³/mol. The van der Waals surface area contributed by atoms with Crippen molar-refractivity contribution in [3.8, 4) is 0 Å². The molecule has 3 atom stereocenters. The molecule has 3 aromatic rings. The van der Waals surface area contributed by atoms with Crippen LogP contribution in [0.3, 0.4) is 0 Å². The van der Waals surface area contributed by atoms with Gasteiger partial charge in [0.15, 0.2) is 0 Å². The molecule has 2 heterocycles. The molecule has 2 fully saturated rings. The lowest BCUT2D eigenvalue weighted by atomic mass is 9.98. The van der Waals surface area contributed by atoms with Crippen LogP contribution in [-0.4, -0.2) is 60.5 Å². The van der Waals surface area contributed by atoms with Crippen molar-refractivity contribution < 1.29 is 14.3 Å². The van der Waals surface area contributed by atoms with Gasteiger partial charge in [0, 0.05) is 38.3 Å². The van der Waals surface area contributed by atoms with Gasteiger partial charge in [0.1, 0.15) is 5.82 Å². The van der Waals surface area contributed by atoms with E-state index < -0.39 is 6.09 Å². The van der Waals surface area contributed by atoms with Gasteiger partial charge in [-0.25, -0.2) is 9.78 Å². The second-order valence-corrected chi connectivity index (χ2v) is 10.9. The van der Waals surface area contributed by atoms with Crippen molar-refractivity contribution in [3.63, 3.8) is 0 Å². The molecule has 2 aromatic carbocycles. The minimum absolute atomic E-state index is 0.148. The highest BCUT2D eigenvalue weighted by molar-refractivity contribution is 5.84. The number of amides is 1. The van der Waals surface area contributed by atoms with E-state index in [-0.39, 0.29) is 6.10 Å². The van der Waals surface area contributed by atoms with Gasteiger partial charge in [0.25, 0.3) is 0 Å². The number of methoxy groups -OCH3 is 2. The molecular weight excluding hydrogens is 452 g/mol. The standard InChI is InChI=1S/C29H36N4O3/c1-18-4-9-25-24(12-18)31-28(20-5-6-20)33(25)26-10-11-32(17-27(26)35-2)16-19-13-21-7-8-23(15-22(21)14-19)30-29(34)36-3/h4,7-9,12,15,19-20,26-27H,5-6,10-11,13-14,16-17H2,1-3H3,(H,30,34)/t19-,26-,27-/m1/s1. The summed E-state index contributed by atoms with van der Waals surface area (Å²) < 4.78 is 13.4. The van der Waals surface area contributed by atoms with E-state index in [2.05, 4.69) is 52.0 Å². The van der Waals surface area contributed by atoms with Gasteiger partial charge in [-0.05, 0) is 85.9 Å². The van der Waals surface area contributed by atoms with Gasteiger partial charge in [-0.15, -0.1) is 0 Å². The lowest BCUT2D eigenvalue weighted by Crippen LogP contribution is -2.47. The number of rotatable bonds is 6. The fraction of sp³-hybridized carbons (Fsp3) is 0.517. The molecule has 0 bridgehead atoms. The molecule has 7 nitrogen and oxygen atoms in total. The number of piperidine rings is 1. The second-order valence-electron chi connectivity index (χ2n) is 10.9. The zero-order chi connectivity index (χ0) is 24.8. The maximum atomic E-state index is 11.6. The Hall–Kier alpha value is -2.90. The topological polar surface area (TPSA) is 68.6 Å². The van der Waals surface area contributed by atoms with Gasteiger partial charge < -0.3 is 18.9 Å². The van der Waals surface area contributed by atoms with Gasteiger partial charge >= 0.3 is 6.09 Å². The van der Waals surface area contributed by atoms with Gasteiger partial charge in [0.2, 0.25) is 0 Å². The number of ether oxygens (including phenoxy) is 2. The average molecular weight is 489 g/mol. The molecule has 190 valence electrons. The summed E-state index contributed by atoms with van der Waals surface area (Å²) in [6, 6.07) is 13.2. The smallest absolute Gasteiger partial charge is 0.411 e. The monoisotopic (exact) mass is 488 g/mol. The molecule has 0 spiro atoms. The summed E-state index contributed by atoms with van der Waals surface area (Å²) in [5, 5.41) is 2.79. The molecule has 1 aliphatic heterocycles. The SMILES string of the molecule is COC(=O)Nc1ccc2c(c1)C[C@H](CN1CC[C@@H](n3c(C4CC4)nc4cc(C)ccc43)[C@H](OC)C1)C2. The number of imidazole rings is 1. The molecular formula is C29H36N4O3. The van der Waals surface area contributed by atoms with Crippen LogP contribution in [-0.2, 0) is 22.3 Å². The number of likely N-dealkylation sites (tertiary alicyclic amines) is 1. The molecule has 1 N–H and O–H groups in total. The number of benzene rings is 2. The minimum Gasteiger partial charge on any atom is -0.453 e. The van der Waals surface area contributed by atoms with Crippen LogP contribution in [0.25, 0.3) is 11.0 Å². The Morgan fingerprint density at radius 2 is 1.92 bits per heavy atom. The Morgan fingerprint density at radius 3 is 2.69 bits per heavy atom. The summed E-state index contributed by atoms with van der Waals surface area (Å²) in [7, 11) is 3.25. The van der Waals surface area contributed by atoms with Crippen LogP contribution in [0.2, 0.25) is 0 Å². The van der Waals surface area contributed by atoms with Crippen LogP contribution in [0.5, 0.6) is 0 Å². The zero-order valence-electron chi connectivity index (χ0n) is 21.5. The highest BCUT2D eigenvalue weighted by Gasteiger charge is 2.38. The third kappa shape index (κ3) is 4.50. The third-order valence-electron chi connectivity index (χ3n) is 8.23. The maximum absolute atomic E-state index is 11.6. The number of aryl methyl sites for hydroxylation is 1. The van der Waals surface area contributed by atoms with E-state index in [0.29, 0.717) is 17.9 Å². The third-order valence-corrected chi connectivity index (χ3v) is 8.23. The second kappa shape index (κ2) is 9.52. The van der Waals surface area contributed by atoms with Crippen LogP contribution in [0, 0.1) is 12.8 Å². The van der Waals surface area contributed by atoms with E-state index in [4.69, 9.17) is 14.5 Å². The zero-order valence-corrected chi connectivity index (χ0v) is 21.5. The van der Waals surface area contributed by atoms with Crippen LogP contribution >= 0.6 is 0 Å². The number of nitrogens with one attached hydrogen (secondary N) is 1. The molecule has 6 rings (SSSR count). The number of carbonyl (C=O) groups is 1. The fourth-order valence-corrected chi connectivity index (χ4v) is 6.32. The molecule has 2 aliphatic carbocycles. The maximum Gasteiger partial charge on any atom is 0.411 e. The van der Waals surface area contributed by atoms with Crippen LogP contribution in [0.1, 0.15) is 53.7 Å². The number of nitrogens with zero attached hydrogens (tertiary/aromatic N) is 3. The first-order valence-electron chi connectivity index (χ1n) is 13.2. The lowest BCUT2D eigenvalue weighted by molar-refractivity contribution is -0.00950. The van der Waals surface area contributed by atoms with Gasteiger partial charge in [-0.1, -0.05) is 12.1 Å². The van der Waals surface area contributed by atoms with Crippen molar-refractivity contribution in [1.29, 1.82) is 0 Å². The van der Waals surface area contributed by atoms with Crippen molar-refractivity contribution in [2.24, 2.45) is 5.92 Å². The van der Waals surface area contributed by atoms with E-state index in [0.717, 1.165) is 50.1 Å². The number of hydrogen-bond donors (Lipinski definition) is 1. The highest BCUT2D eigenvalue weighted by atomic mass is 16.5. The number of fused-ring (bicyclic) bond motifs is 2. The summed E-state index contributed by atoms with van der Waals surface area (Å²) in [5.41, 5.74) is 7.17. The Kier molecular flexibility index (Phi) is 6.21. The molecule has 1 amide bonds. The van der Waals surface area contributed by atoms with Crippen LogP contribution < -0.4 is 5.32 Å². The van der Waals surface area contributed by atoms with Crippen molar-refractivity contribution in [3.05, 3.63) is 58.9 Å². The number of carbonyl (C=O) groups excluding carboxylic acids is 1. The predicted octanol–water partition coefficient (Wildman–Crippen LogP) is 5.08. The summed E-state index contributed by atoms with van der Waals surface area (Å²) >= 11 is 0. The van der Waals surface area contributed by atoms with E-state index in [1.54, 1.807) is 0 Å². The first-order valence-corrected chi connectivity index (χ1v) is 13.2. The van der Waals surface area contributed by atoms with E-state index in [1.165, 1.54) is 48.0 Å². The Labute approximate surface area is 212 Å². The first-order chi connectivity index (χ1) is 17.5. The van der Waals surface area contributed by atoms with Gasteiger partial charge in [-0.3, -0.25) is 5.32 Å². The minimum atomic E-state index is -0.427. The van der Waals surface area contributed by atoms with Crippen molar-refractivity contribution in [1.82, 2.24) is 14.5 Å². The molecule has 1 aromatic heterocycles. The first kappa shape index (κ1) is 23.5. The van der Waals surface area contributed by atoms with E-state index >= 15 is 0 Å². The summed E-state index contributed by atoms with van der Waals surface area (Å²) in [6.45, 7) is 5.23. The Morgan fingerprint density at radius 1 is 1.08 bits per heavy atom. The molecule has 0 radical (unpaired) electrons. The van der Waals surface area contributed by atoms with Crippen LogP contribution in [0.15, 0.2) is 36.4 Å². The number of anilines is 1. The average Bonchev–Trinajstić information content (AvgIpc) is 3.55. The van der Waals surface area contributed by atoms with Gasteiger partial charge in [-0.2, -0.15) is 0 Å². The molecule has 36 heavy (non-hydrogen) atoms. The molecule has 1 saturated heterocycles. The van der Waals surface area contributed by atoms with Crippen molar-refractivity contribution in [2.45, 2.75) is 57.1 Å². The number of hydrogen-bond acceptors (Lipinski definition) is 5. The summed E-state index contributed by atoms with van der Waals surface area (Å²) in [6.07, 6.45) is 5.42. The normalized spacial score (nSPS) is 24.1. The molecule has 1 saturated carbocycles. The molecule has 0 unspecified atom stereocenters. The fourth-order valence-electron chi connectivity index (χ4n) is 6.32. The summed E-state index contributed by atoms with van der Waals surface area (Å²) in [5.74, 6) is 2.45. The molecule has 3 aliphatic rings. The van der Waals surface area contributed by atoms with Gasteiger partial charge in [0.05, 0.1) is 30.3 Å². The van der Waals surface area contributed by atoms with Crippen LogP contribution in [0.4, 0.5) is 10.5 Å².